The van der Waals surface area contributed by atoms with Crippen molar-refractivity contribution in [2.45, 2.75) is 44.6 Å². The molecule has 1 fully saturated rings. The number of fused-ring (bicyclic) bond motifs is 1. The van der Waals surface area contributed by atoms with Crippen LogP contribution >= 0.6 is 0 Å². The number of hydrogen-bond donors (Lipinski definition) is 1. The molecular weight excluding hydrogens is 346 g/mol. The second-order valence-electron chi connectivity index (χ2n) is 6.86. The Morgan fingerprint density at radius 1 is 1.22 bits per heavy atom. The highest BCUT2D eigenvalue weighted by Crippen LogP contribution is 2.40. The zero-order chi connectivity index (χ0) is 18.9. The van der Waals surface area contributed by atoms with Crippen LogP contribution in [0.1, 0.15) is 44.1 Å². The Labute approximate surface area is 160 Å². The molecule has 1 aromatic rings. The summed E-state index contributed by atoms with van der Waals surface area (Å²) in [6, 6.07) is 3.67. The summed E-state index contributed by atoms with van der Waals surface area (Å²) in [4.78, 5) is 12.0. The molecule has 27 heavy (non-hydrogen) atoms. The van der Waals surface area contributed by atoms with E-state index in [1.165, 1.54) is 38.2 Å². The molecule has 0 saturated heterocycles. The van der Waals surface area contributed by atoms with Crippen molar-refractivity contribution >= 4 is 12.0 Å². The molecule has 6 nitrogen and oxygen atoms in total. The van der Waals surface area contributed by atoms with E-state index in [0.29, 0.717) is 49.7 Å². The SMILES string of the molecule is COc1cc(/C=C/C(=O)NCCCOC2CCCCC2)cc2c1OCCO2. The van der Waals surface area contributed by atoms with Gasteiger partial charge in [0.15, 0.2) is 11.5 Å². The van der Waals surface area contributed by atoms with Crippen molar-refractivity contribution in [3.8, 4) is 17.2 Å². The van der Waals surface area contributed by atoms with Crippen molar-refractivity contribution in [3.05, 3.63) is 23.8 Å². The number of carbonyl (C=O) groups is 1. The smallest absolute Gasteiger partial charge is 0.244 e. The summed E-state index contributed by atoms with van der Waals surface area (Å²) >= 11 is 0. The lowest BCUT2D eigenvalue weighted by molar-refractivity contribution is -0.116. The molecule has 1 amide bonds. The van der Waals surface area contributed by atoms with Crippen LogP contribution in [0, 0.1) is 0 Å². The Balaban J connectivity index is 1.41. The molecule has 1 aromatic carbocycles. The molecule has 6 heteroatoms. The molecule has 2 aliphatic rings. The van der Waals surface area contributed by atoms with Crippen LogP contribution in [-0.2, 0) is 9.53 Å². The van der Waals surface area contributed by atoms with Crippen LogP contribution in [-0.4, -0.2) is 45.5 Å². The number of nitrogens with one attached hydrogen (secondary N) is 1. The average molecular weight is 375 g/mol. The first-order valence-electron chi connectivity index (χ1n) is 9.81. The number of benzene rings is 1. The van der Waals surface area contributed by atoms with E-state index >= 15 is 0 Å². The van der Waals surface area contributed by atoms with Crippen LogP contribution in [0.3, 0.4) is 0 Å². The Hall–Kier alpha value is -2.21. The fourth-order valence-electron chi connectivity index (χ4n) is 3.39. The van der Waals surface area contributed by atoms with Gasteiger partial charge in [0, 0.05) is 19.2 Å². The van der Waals surface area contributed by atoms with Gasteiger partial charge in [0.25, 0.3) is 0 Å². The molecule has 1 heterocycles. The number of carbonyl (C=O) groups excluding carboxylic acids is 1. The first-order valence-corrected chi connectivity index (χ1v) is 9.81. The second-order valence-corrected chi connectivity index (χ2v) is 6.86. The summed E-state index contributed by atoms with van der Waals surface area (Å²) in [5, 5.41) is 2.89. The Bertz CT molecular complexity index is 635. The summed E-state index contributed by atoms with van der Waals surface area (Å²) in [5.74, 6) is 1.73. The summed E-state index contributed by atoms with van der Waals surface area (Å²) in [5.41, 5.74) is 0.826. The first kappa shape index (κ1) is 19.5. The maximum Gasteiger partial charge on any atom is 0.244 e. The van der Waals surface area contributed by atoms with Gasteiger partial charge in [-0.25, -0.2) is 0 Å². The summed E-state index contributed by atoms with van der Waals surface area (Å²) in [7, 11) is 1.59. The fraction of sp³-hybridized carbons (Fsp3) is 0.571. The summed E-state index contributed by atoms with van der Waals surface area (Å²) < 4.78 is 22.4. The van der Waals surface area contributed by atoms with Crippen LogP contribution in [0.4, 0.5) is 0 Å². The number of ether oxygens (including phenoxy) is 4. The van der Waals surface area contributed by atoms with Crippen molar-refractivity contribution in [2.24, 2.45) is 0 Å². The molecule has 3 rings (SSSR count). The van der Waals surface area contributed by atoms with Crippen molar-refractivity contribution in [1.82, 2.24) is 5.32 Å². The maximum atomic E-state index is 12.0. The molecule has 1 aliphatic heterocycles. The Morgan fingerprint density at radius 2 is 2.04 bits per heavy atom. The zero-order valence-corrected chi connectivity index (χ0v) is 16.0. The van der Waals surface area contributed by atoms with Gasteiger partial charge in [-0.15, -0.1) is 0 Å². The number of methoxy groups -OCH3 is 1. The number of rotatable bonds is 8. The van der Waals surface area contributed by atoms with Crippen LogP contribution < -0.4 is 19.5 Å². The zero-order valence-electron chi connectivity index (χ0n) is 16.0. The van der Waals surface area contributed by atoms with E-state index in [1.54, 1.807) is 13.2 Å². The van der Waals surface area contributed by atoms with Gasteiger partial charge in [-0.2, -0.15) is 0 Å². The molecule has 0 aromatic heterocycles. The lowest BCUT2D eigenvalue weighted by Crippen LogP contribution is -2.24. The van der Waals surface area contributed by atoms with E-state index in [-0.39, 0.29) is 5.91 Å². The van der Waals surface area contributed by atoms with Gasteiger partial charge in [0.1, 0.15) is 13.2 Å². The largest absolute Gasteiger partial charge is 0.493 e. The van der Waals surface area contributed by atoms with E-state index in [1.807, 2.05) is 12.1 Å². The van der Waals surface area contributed by atoms with Gasteiger partial charge in [0.2, 0.25) is 11.7 Å². The minimum Gasteiger partial charge on any atom is -0.493 e. The first-order chi connectivity index (χ1) is 13.3. The highest BCUT2D eigenvalue weighted by Gasteiger charge is 2.18. The minimum absolute atomic E-state index is 0.124. The Morgan fingerprint density at radius 3 is 2.85 bits per heavy atom. The lowest BCUT2D eigenvalue weighted by atomic mass is 9.98. The topological polar surface area (TPSA) is 66.0 Å². The summed E-state index contributed by atoms with van der Waals surface area (Å²) in [6.45, 7) is 2.33. The third-order valence-corrected chi connectivity index (χ3v) is 4.80. The third kappa shape index (κ3) is 5.89. The lowest BCUT2D eigenvalue weighted by Gasteiger charge is -2.21. The van der Waals surface area contributed by atoms with E-state index in [9.17, 15) is 4.79 Å². The van der Waals surface area contributed by atoms with E-state index in [2.05, 4.69) is 5.32 Å². The van der Waals surface area contributed by atoms with Crippen molar-refractivity contribution in [2.75, 3.05) is 33.5 Å². The molecular formula is C21H29NO5. The van der Waals surface area contributed by atoms with Crippen LogP contribution in [0.15, 0.2) is 18.2 Å². The van der Waals surface area contributed by atoms with Crippen LogP contribution in [0.5, 0.6) is 17.2 Å². The fourth-order valence-corrected chi connectivity index (χ4v) is 3.39. The normalized spacial score (nSPS) is 17.1. The van der Waals surface area contributed by atoms with Gasteiger partial charge in [-0.05, 0) is 43.0 Å². The van der Waals surface area contributed by atoms with Gasteiger partial charge in [0.05, 0.1) is 13.2 Å². The molecule has 0 unspecified atom stereocenters. The predicted molar refractivity (Wildman–Crippen MR) is 103 cm³/mol. The average Bonchev–Trinajstić information content (AvgIpc) is 2.72. The number of amides is 1. The van der Waals surface area contributed by atoms with Crippen molar-refractivity contribution in [1.29, 1.82) is 0 Å². The van der Waals surface area contributed by atoms with Gasteiger partial charge in [-0.3, -0.25) is 4.79 Å². The van der Waals surface area contributed by atoms with Crippen LogP contribution in [0.25, 0.3) is 6.08 Å². The van der Waals surface area contributed by atoms with Gasteiger partial charge >= 0.3 is 0 Å². The Kier molecular flexibility index (Phi) is 7.39. The highest BCUT2D eigenvalue weighted by atomic mass is 16.6. The molecule has 1 aliphatic carbocycles. The van der Waals surface area contributed by atoms with Crippen molar-refractivity contribution in [3.63, 3.8) is 0 Å². The molecule has 0 atom stereocenters. The van der Waals surface area contributed by atoms with E-state index < -0.39 is 0 Å². The molecule has 0 bridgehead atoms. The molecule has 0 radical (unpaired) electrons. The van der Waals surface area contributed by atoms with Crippen molar-refractivity contribution < 1.29 is 23.7 Å². The van der Waals surface area contributed by atoms with Crippen LogP contribution in [0.2, 0.25) is 0 Å². The minimum atomic E-state index is -0.124. The van der Waals surface area contributed by atoms with E-state index in [4.69, 9.17) is 18.9 Å². The predicted octanol–water partition coefficient (Wildman–Crippen LogP) is 3.34. The standard InChI is InChI=1S/C21H29NO5/c1-24-18-14-16(15-19-21(18)27-13-12-26-19)8-9-20(23)22-10-5-11-25-17-6-3-2-4-7-17/h8-9,14-15,17H,2-7,10-13H2,1H3,(H,22,23)/b9-8+. The third-order valence-electron chi connectivity index (χ3n) is 4.80. The van der Waals surface area contributed by atoms with Gasteiger partial charge < -0.3 is 24.3 Å². The molecule has 148 valence electrons. The molecule has 1 N–H and O–H groups in total. The van der Waals surface area contributed by atoms with Gasteiger partial charge in [-0.1, -0.05) is 19.3 Å². The monoisotopic (exact) mass is 375 g/mol. The molecule has 1 saturated carbocycles. The molecule has 0 spiro atoms. The number of hydrogen-bond acceptors (Lipinski definition) is 5. The maximum absolute atomic E-state index is 12.0. The quantitative estimate of drug-likeness (QED) is 0.558. The summed E-state index contributed by atoms with van der Waals surface area (Å²) in [6.07, 6.45) is 10.7. The van der Waals surface area contributed by atoms with E-state index in [0.717, 1.165) is 12.0 Å². The second kappa shape index (κ2) is 10.2. The highest BCUT2D eigenvalue weighted by molar-refractivity contribution is 5.91.